The Balaban J connectivity index is 2.56. The summed E-state index contributed by atoms with van der Waals surface area (Å²) >= 11 is 0. The van der Waals surface area contributed by atoms with Gasteiger partial charge in [-0.2, -0.15) is 13.2 Å². The van der Waals surface area contributed by atoms with Crippen molar-refractivity contribution in [3.8, 4) is 0 Å². The molecular weight excluding hydrogens is 269 g/mol. The molecule has 0 aromatic rings. The SMILES string of the molecule is CC(C)N(CCCN)C(=O)C1CCC(C(F)(F)F)CC1. The fourth-order valence-electron chi connectivity index (χ4n) is 2.79. The molecule has 0 aliphatic heterocycles. The standard InChI is InChI=1S/C14H25F3N2O/c1-10(2)19(9-3-8-18)13(20)11-4-6-12(7-5-11)14(15,16)17/h10-12H,3-9,18H2,1-2H3. The second-order valence-electron chi connectivity index (χ2n) is 5.86. The first kappa shape index (κ1) is 17.3. The highest BCUT2D eigenvalue weighted by molar-refractivity contribution is 5.79. The van der Waals surface area contributed by atoms with Gasteiger partial charge in [-0.25, -0.2) is 0 Å². The quantitative estimate of drug-likeness (QED) is 0.847. The minimum Gasteiger partial charge on any atom is -0.340 e. The molecule has 0 heterocycles. The van der Waals surface area contributed by atoms with Crippen LogP contribution in [0.15, 0.2) is 0 Å². The van der Waals surface area contributed by atoms with Crippen LogP contribution >= 0.6 is 0 Å². The summed E-state index contributed by atoms with van der Waals surface area (Å²) in [6, 6.07) is 0.0642. The third kappa shape index (κ3) is 4.65. The molecule has 3 nitrogen and oxygen atoms in total. The maximum absolute atomic E-state index is 12.6. The summed E-state index contributed by atoms with van der Waals surface area (Å²) in [5, 5.41) is 0. The Morgan fingerprint density at radius 1 is 1.25 bits per heavy atom. The Labute approximate surface area is 118 Å². The van der Waals surface area contributed by atoms with Gasteiger partial charge in [0.2, 0.25) is 5.91 Å². The lowest BCUT2D eigenvalue weighted by molar-refractivity contribution is -0.185. The molecule has 0 atom stereocenters. The van der Waals surface area contributed by atoms with Crippen molar-refractivity contribution < 1.29 is 18.0 Å². The zero-order valence-electron chi connectivity index (χ0n) is 12.2. The van der Waals surface area contributed by atoms with Crippen LogP contribution < -0.4 is 5.73 Å². The van der Waals surface area contributed by atoms with E-state index >= 15 is 0 Å². The van der Waals surface area contributed by atoms with Crippen molar-refractivity contribution >= 4 is 5.91 Å². The molecule has 1 fully saturated rings. The largest absolute Gasteiger partial charge is 0.391 e. The van der Waals surface area contributed by atoms with Gasteiger partial charge in [0.25, 0.3) is 0 Å². The highest BCUT2D eigenvalue weighted by Gasteiger charge is 2.43. The van der Waals surface area contributed by atoms with Crippen LogP contribution in [0.3, 0.4) is 0 Å². The summed E-state index contributed by atoms with van der Waals surface area (Å²) in [6.07, 6.45) is -2.57. The highest BCUT2D eigenvalue weighted by atomic mass is 19.4. The molecule has 0 aromatic carbocycles. The summed E-state index contributed by atoms with van der Waals surface area (Å²) in [5.74, 6) is -1.49. The van der Waals surface area contributed by atoms with Crippen LogP contribution in [0.4, 0.5) is 13.2 Å². The molecule has 0 spiro atoms. The molecule has 0 aromatic heterocycles. The van der Waals surface area contributed by atoms with E-state index in [1.54, 1.807) is 4.90 Å². The van der Waals surface area contributed by atoms with E-state index in [1.807, 2.05) is 13.8 Å². The average molecular weight is 294 g/mol. The third-order valence-corrected chi connectivity index (χ3v) is 4.05. The van der Waals surface area contributed by atoms with Crippen LogP contribution in [0, 0.1) is 11.8 Å². The second kappa shape index (κ2) is 7.29. The van der Waals surface area contributed by atoms with Crippen LogP contribution in [-0.2, 0) is 4.79 Å². The van der Waals surface area contributed by atoms with Gasteiger partial charge in [-0.1, -0.05) is 0 Å². The predicted molar refractivity (Wildman–Crippen MR) is 72.0 cm³/mol. The lowest BCUT2D eigenvalue weighted by Gasteiger charge is -2.34. The average Bonchev–Trinajstić information content (AvgIpc) is 2.37. The molecule has 1 rings (SSSR count). The number of hydrogen-bond acceptors (Lipinski definition) is 2. The van der Waals surface area contributed by atoms with Crippen LogP contribution in [-0.4, -0.2) is 36.1 Å². The number of nitrogens with zero attached hydrogens (tertiary/aromatic N) is 1. The van der Waals surface area contributed by atoms with E-state index in [4.69, 9.17) is 5.73 Å². The Morgan fingerprint density at radius 3 is 2.20 bits per heavy atom. The first-order valence-electron chi connectivity index (χ1n) is 7.34. The van der Waals surface area contributed by atoms with Crippen LogP contribution in [0.2, 0.25) is 0 Å². The third-order valence-electron chi connectivity index (χ3n) is 4.05. The lowest BCUT2D eigenvalue weighted by Crippen LogP contribution is -2.43. The second-order valence-corrected chi connectivity index (χ2v) is 5.86. The van der Waals surface area contributed by atoms with E-state index in [0.29, 0.717) is 25.9 Å². The van der Waals surface area contributed by atoms with Crippen molar-refractivity contribution in [1.29, 1.82) is 0 Å². The minimum absolute atomic E-state index is 0.00549. The number of rotatable bonds is 5. The molecule has 20 heavy (non-hydrogen) atoms. The van der Waals surface area contributed by atoms with E-state index < -0.39 is 12.1 Å². The molecule has 1 aliphatic carbocycles. The fraction of sp³-hybridized carbons (Fsp3) is 0.929. The van der Waals surface area contributed by atoms with Gasteiger partial charge in [0, 0.05) is 18.5 Å². The molecule has 1 saturated carbocycles. The van der Waals surface area contributed by atoms with Crippen LogP contribution in [0.25, 0.3) is 0 Å². The fourth-order valence-corrected chi connectivity index (χ4v) is 2.79. The van der Waals surface area contributed by atoms with Crippen molar-refractivity contribution in [2.45, 2.75) is 58.2 Å². The van der Waals surface area contributed by atoms with Crippen molar-refractivity contribution in [3.63, 3.8) is 0 Å². The molecule has 6 heteroatoms. The number of nitrogens with two attached hydrogens (primary N) is 1. The lowest BCUT2D eigenvalue weighted by atomic mass is 9.81. The number of hydrogen-bond donors (Lipinski definition) is 1. The van der Waals surface area contributed by atoms with Crippen molar-refractivity contribution in [2.24, 2.45) is 17.6 Å². The van der Waals surface area contributed by atoms with E-state index in [0.717, 1.165) is 6.42 Å². The summed E-state index contributed by atoms with van der Waals surface area (Å²) in [6.45, 7) is 4.95. The Morgan fingerprint density at radius 2 is 1.80 bits per heavy atom. The van der Waals surface area contributed by atoms with Gasteiger partial charge in [-0.15, -0.1) is 0 Å². The van der Waals surface area contributed by atoms with Crippen molar-refractivity contribution in [2.75, 3.05) is 13.1 Å². The Bertz CT molecular complexity index is 310. The van der Waals surface area contributed by atoms with Crippen molar-refractivity contribution in [1.82, 2.24) is 4.90 Å². The van der Waals surface area contributed by atoms with Crippen LogP contribution in [0.1, 0.15) is 46.0 Å². The number of carbonyl (C=O) groups is 1. The van der Waals surface area contributed by atoms with Gasteiger partial charge in [0.05, 0.1) is 5.92 Å². The van der Waals surface area contributed by atoms with E-state index in [9.17, 15) is 18.0 Å². The predicted octanol–water partition coefficient (Wildman–Crippen LogP) is 2.94. The molecule has 118 valence electrons. The van der Waals surface area contributed by atoms with Crippen molar-refractivity contribution in [3.05, 3.63) is 0 Å². The summed E-state index contributed by atoms with van der Waals surface area (Å²) < 4.78 is 37.8. The normalized spacial score (nSPS) is 23.9. The molecule has 0 saturated heterocycles. The molecule has 0 bridgehead atoms. The van der Waals surface area contributed by atoms with E-state index in [2.05, 4.69) is 0 Å². The first-order chi connectivity index (χ1) is 9.27. The zero-order chi connectivity index (χ0) is 15.3. The molecular formula is C14H25F3N2O. The van der Waals surface area contributed by atoms with E-state index in [-0.39, 0.29) is 30.7 Å². The maximum Gasteiger partial charge on any atom is 0.391 e. The molecule has 1 amide bonds. The molecule has 1 aliphatic rings. The molecule has 0 unspecified atom stereocenters. The summed E-state index contributed by atoms with van der Waals surface area (Å²) in [5.41, 5.74) is 5.46. The first-order valence-corrected chi connectivity index (χ1v) is 7.34. The van der Waals surface area contributed by atoms with Gasteiger partial charge in [-0.05, 0) is 52.5 Å². The Kier molecular flexibility index (Phi) is 6.30. The smallest absolute Gasteiger partial charge is 0.340 e. The molecule has 2 N–H and O–H groups in total. The van der Waals surface area contributed by atoms with Crippen LogP contribution in [0.5, 0.6) is 0 Å². The van der Waals surface area contributed by atoms with Gasteiger partial charge in [0.1, 0.15) is 0 Å². The van der Waals surface area contributed by atoms with Gasteiger partial charge < -0.3 is 10.6 Å². The monoisotopic (exact) mass is 294 g/mol. The van der Waals surface area contributed by atoms with E-state index in [1.165, 1.54) is 0 Å². The maximum atomic E-state index is 12.6. The topological polar surface area (TPSA) is 46.3 Å². The van der Waals surface area contributed by atoms with Gasteiger partial charge in [-0.3, -0.25) is 4.79 Å². The summed E-state index contributed by atoms with van der Waals surface area (Å²) in [4.78, 5) is 14.2. The molecule has 0 radical (unpaired) electrons. The number of amides is 1. The number of halogens is 3. The number of alkyl halides is 3. The number of carbonyl (C=O) groups excluding carboxylic acids is 1. The van der Waals surface area contributed by atoms with Gasteiger partial charge >= 0.3 is 6.18 Å². The minimum atomic E-state index is -4.12. The zero-order valence-corrected chi connectivity index (χ0v) is 12.2. The Hall–Kier alpha value is -0.780. The summed E-state index contributed by atoms with van der Waals surface area (Å²) in [7, 11) is 0. The highest BCUT2D eigenvalue weighted by Crippen LogP contribution is 2.40. The van der Waals surface area contributed by atoms with Gasteiger partial charge in [0.15, 0.2) is 0 Å².